The van der Waals surface area contributed by atoms with Gasteiger partial charge in [-0.25, -0.2) is 0 Å². The second kappa shape index (κ2) is 9.17. The van der Waals surface area contributed by atoms with Gasteiger partial charge < -0.3 is 9.64 Å². The lowest BCUT2D eigenvalue weighted by atomic mass is 9.83. The molecule has 5 heteroatoms. The van der Waals surface area contributed by atoms with Crippen molar-refractivity contribution in [3.8, 4) is 0 Å². The van der Waals surface area contributed by atoms with E-state index in [9.17, 15) is 9.59 Å². The number of amides is 1. The third-order valence-corrected chi connectivity index (χ3v) is 5.77. The average Bonchev–Trinajstić information content (AvgIpc) is 2.62. The zero-order valence-electron chi connectivity index (χ0n) is 15.7. The summed E-state index contributed by atoms with van der Waals surface area (Å²) in [4.78, 5) is 28.9. The summed E-state index contributed by atoms with van der Waals surface area (Å²) in [6.07, 6.45) is 5.40. The second-order valence-electron chi connectivity index (χ2n) is 7.48. The van der Waals surface area contributed by atoms with E-state index in [4.69, 9.17) is 4.74 Å². The van der Waals surface area contributed by atoms with Crippen LogP contribution in [0.3, 0.4) is 0 Å². The molecule has 0 aromatic heterocycles. The largest absolute Gasteiger partial charge is 0.469 e. The van der Waals surface area contributed by atoms with Gasteiger partial charge in [0.25, 0.3) is 0 Å². The number of methoxy groups -OCH3 is 1. The normalized spacial score (nSPS) is 19.0. The summed E-state index contributed by atoms with van der Waals surface area (Å²) >= 11 is 0. The predicted molar refractivity (Wildman–Crippen MR) is 100 cm³/mol. The van der Waals surface area contributed by atoms with Crippen LogP contribution in [-0.2, 0) is 20.9 Å². The van der Waals surface area contributed by atoms with E-state index in [1.165, 1.54) is 12.7 Å². The van der Waals surface area contributed by atoms with Gasteiger partial charge in [-0.15, -0.1) is 0 Å². The van der Waals surface area contributed by atoms with Crippen molar-refractivity contribution in [2.45, 2.75) is 51.1 Å². The van der Waals surface area contributed by atoms with Gasteiger partial charge in [-0.05, 0) is 31.2 Å². The summed E-state index contributed by atoms with van der Waals surface area (Å²) in [7, 11) is 1.41. The molecule has 0 N–H and O–H groups in total. The minimum Gasteiger partial charge on any atom is -0.469 e. The topological polar surface area (TPSA) is 49.9 Å². The minimum atomic E-state index is -0.238. The van der Waals surface area contributed by atoms with Gasteiger partial charge in [-0.1, -0.05) is 36.8 Å². The lowest BCUT2D eigenvalue weighted by Gasteiger charge is -2.41. The Labute approximate surface area is 156 Å². The number of carbonyl (C=O) groups is 2. The van der Waals surface area contributed by atoms with Crippen molar-refractivity contribution >= 4 is 11.9 Å². The van der Waals surface area contributed by atoms with E-state index in [2.05, 4.69) is 29.2 Å². The Kier molecular flexibility index (Phi) is 6.67. The fourth-order valence-corrected chi connectivity index (χ4v) is 3.91. The number of rotatable bonds is 7. The molecule has 1 aromatic carbocycles. The van der Waals surface area contributed by atoms with Crippen LogP contribution < -0.4 is 0 Å². The molecule has 0 spiro atoms. The quantitative estimate of drug-likeness (QED) is 0.703. The maximum absolute atomic E-state index is 12.9. The number of hydrogen-bond acceptors (Lipinski definition) is 4. The average molecular weight is 358 g/mol. The van der Waals surface area contributed by atoms with Gasteiger partial charge in [0.2, 0.25) is 5.91 Å². The monoisotopic (exact) mass is 358 g/mol. The fourth-order valence-electron chi connectivity index (χ4n) is 3.91. The van der Waals surface area contributed by atoms with Crippen LogP contribution in [0.5, 0.6) is 0 Å². The number of benzene rings is 1. The molecule has 2 fully saturated rings. The highest BCUT2D eigenvalue weighted by molar-refractivity contribution is 5.80. The van der Waals surface area contributed by atoms with Gasteiger partial charge in [0.15, 0.2) is 0 Å². The highest BCUT2D eigenvalue weighted by atomic mass is 16.5. The van der Waals surface area contributed by atoms with E-state index in [0.29, 0.717) is 13.0 Å². The van der Waals surface area contributed by atoms with Gasteiger partial charge in [0, 0.05) is 38.1 Å². The van der Waals surface area contributed by atoms with E-state index in [1.807, 2.05) is 11.0 Å². The molecule has 0 atom stereocenters. The molecule has 0 radical (unpaired) electrons. The first-order valence-electron chi connectivity index (χ1n) is 9.81. The van der Waals surface area contributed by atoms with Crippen LogP contribution in [0, 0.1) is 5.92 Å². The predicted octanol–water partition coefficient (Wildman–Crippen LogP) is 2.84. The summed E-state index contributed by atoms with van der Waals surface area (Å²) in [5, 5.41) is 0. The third-order valence-electron chi connectivity index (χ3n) is 5.77. The molecule has 3 rings (SSSR count). The summed E-state index contributed by atoms with van der Waals surface area (Å²) < 4.78 is 4.77. The maximum Gasteiger partial charge on any atom is 0.307 e. The molecule has 0 bridgehead atoms. The fraction of sp³-hybridized carbons (Fsp3) is 0.619. The molecule has 142 valence electrons. The number of ether oxygens (including phenoxy) is 1. The first-order valence-corrected chi connectivity index (χ1v) is 9.81. The van der Waals surface area contributed by atoms with Crippen molar-refractivity contribution in [2.75, 3.05) is 26.7 Å². The molecule has 1 aliphatic carbocycles. The van der Waals surface area contributed by atoms with Crippen molar-refractivity contribution in [1.29, 1.82) is 0 Å². The summed E-state index contributed by atoms with van der Waals surface area (Å²) in [5.41, 5.74) is 1.33. The lowest BCUT2D eigenvalue weighted by Crippen LogP contribution is -2.50. The van der Waals surface area contributed by atoms with Gasteiger partial charge in [-0.3, -0.25) is 14.5 Å². The Morgan fingerprint density at radius 1 is 1.12 bits per heavy atom. The smallest absolute Gasteiger partial charge is 0.307 e. The van der Waals surface area contributed by atoms with Crippen LogP contribution in [0.15, 0.2) is 30.3 Å². The van der Waals surface area contributed by atoms with Crippen LogP contribution in [0.1, 0.15) is 44.1 Å². The molecule has 0 unspecified atom stereocenters. The van der Waals surface area contributed by atoms with Crippen LogP contribution >= 0.6 is 0 Å². The SMILES string of the molecule is COC(=O)CCN(C(=O)C1CCC1)C1CCN(Cc2ccccc2)CC1. The van der Waals surface area contributed by atoms with E-state index < -0.39 is 0 Å². The highest BCUT2D eigenvalue weighted by Gasteiger charge is 2.34. The second-order valence-corrected chi connectivity index (χ2v) is 7.48. The minimum absolute atomic E-state index is 0.176. The Morgan fingerprint density at radius 2 is 1.81 bits per heavy atom. The molecule has 5 nitrogen and oxygen atoms in total. The number of esters is 1. The molecule has 1 aromatic rings. The summed E-state index contributed by atoms with van der Waals surface area (Å²) in [6.45, 7) is 3.44. The molecule has 1 amide bonds. The first kappa shape index (κ1) is 18.9. The lowest BCUT2D eigenvalue weighted by molar-refractivity contribution is -0.145. The van der Waals surface area contributed by atoms with Crippen molar-refractivity contribution in [3.05, 3.63) is 35.9 Å². The van der Waals surface area contributed by atoms with Crippen molar-refractivity contribution in [1.82, 2.24) is 9.80 Å². The Balaban J connectivity index is 1.55. The van der Waals surface area contributed by atoms with E-state index in [1.54, 1.807) is 0 Å². The van der Waals surface area contributed by atoms with Crippen LogP contribution in [0.25, 0.3) is 0 Å². The first-order chi connectivity index (χ1) is 12.7. The number of carbonyl (C=O) groups excluding carboxylic acids is 2. The zero-order valence-corrected chi connectivity index (χ0v) is 15.7. The molecule has 1 saturated carbocycles. The maximum atomic E-state index is 12.9. The van der Waals surface area contributed by atoms with Crippen LogP contribution in [-0.4, -0.2) is 54.5 Å². The van der Waals surface area contributed by atoms with E-state index in [0.717, 1.165) is 51.7 Å². The Bertz CT molecular complexity index is 593. The summed E-state index contributed by atoms with van der Waals surface area (Å²) in [6, 6.07) is 10.8. The third kappa shape index (κ3) is 4.85. The Morgan fingerprint density at radius 3 is 2.38 bits per heavy atom. The zero-order chi connectivity index (χ0) is 18.4. The number of piperidine rings is 1. The van der Waals surface area contributed by atoms with Crippen molar-refractivity contribution < 1.29 is 14.3 Å². The molecule has 1 saturated heterocycles. The molecular formula is C21H30N2O3. The van der Waals surface area contributed by atoms with Gasteiger partial charge in [0.1, 0.15) is 0 Å². The van der Waals surface area contributed by atoms with Gasteiger partial charge >= 0.3 is 5.97 Å². The molecule has 26 heavy (non-hydrogen) atoms. The van der Waals surface area contributed by atoms with Crippen molar-refractivity contribution in [2.24, 2.45) is 5.92 Å². The number of hydrogen-bond donors (Lipinski definition) is 0. The molecular weight excluding hydrogens is 328 g/mol. The van der Waals surface area contributed by atoms with Crippen LogP contribution in [0.2, 0.25) is 0 Å². The van der Waals surface area contributed by atoms with Crippen LogP contribution in [0.4, 0.5) is 0 Å². The van der Waals surface area contributed by atoms with Gasteiger partial charge in [0.05, 0.1) is 13.5 Å². The summed E-state index contributed by atoms with van der Waals surface area (Å²) in [5.74, 6) is 0.189. The number of likely N-dealkylation sites (tertiary alicyclic amines) is 1. The number of nitrogens with zero attached hydrogens (tertiary/aromatic N) is 2. The highest BCUT2D eigenvalue weighted by Crippen LogP contribution is 2.30. The van der Waals surface area contributed by atoms with Crippen molar-refractivity contribution in [3.63, 3.8) is 0 Å². The van der Waals surface area contributed by atoms with E-state index in [-0.39, 0.29) is 23.8 Å². The molecule has 2 aliphatic rings. The van der Waals surface area contributed by atoms with E-state index >= 15 is 0 Å². The standard InChI is InChI=1S/C21H30N2O3/c1-26-20(24)12-15-23(21(25)18-8-5-9-18)19-10-13-22(14-11-19)16-17-6-3-2-4-7-17/h2-4,6-7,18-19H,5,8-16H2,1H3. The molecule has 1 heterocycles. The van der Waals surface area contributed by atoms with Gasteiger partial charge in [-0.2, -0.15) is 0 Å². The molecule has 1 aliphatic heterocycles. The Hall–Kier alpha value is -1.88.